The maximum Gasteiger partial charge on any atom is 0.229 e. The summed E-state index contributed by atoms with van der Waals surface area (Å²) in [5, 5.41) is 7.34. The van der Waals surface area contributed by atoms with Crippen molar-refractivity contribution in [3.05, 3.63) is 11.7 Å². The molecular weight excluding hydrogens is 276 g/mol. The molecule has 0 radical (unpaired) electrons. The fourth-order valence-electron chi connectivity index (χ4n) is 2.81. The zero-order chi connectivity index (χ0) is 13.1. The molecule has 6 heteroatoms. The van der Waals surface area contributed by atoms with Crippen LogP contribution < -0.4 is 5.32 Å². The summed E-state index contributed by atoms with van der Waals surface area (Å²) in [5.74, 6) is 3.18. The van der Waals surface area contributed by atoms with Gasteiger partial charge in [0.25, 0.3) is 0 Å². The van der Waals surface area contributed by atoms with Gasteiger partial charge in [0.2, 0.25) is 5.89 Å². The molecule has 0 unspecified atom stereocenters. The molecule has 1 aromatic rings. The topological polar surface area (TPSA) is 54.2 Å². The van der Waals surface area contributed by atoms with Crippen molar-refractivity contribution in [2.75, 3.05) is 26.7 Å². The van der Waals surface area contributed by atoms with Crippen molar-refractivity contribution in [3.63, 3.8) is 0 Å². The number of hydrogen-bond acceptors (Lipinski definition) is 5. The van der Waals surface area contributed by atoms with Gasteiger partial charge in [-0.05, 0) is 64.7 Å². The highest BCUT2D eigenvalue weighted by Gasteiger charge is 2.30. The maximum absolute atomic E-state index is 5.31. The lowest BCUT2D eigenvalue weighted by Crippen LogP contribution is -2.34. The van der Waals surface area contributed by atoms with Gasteiger partial charge in [-0.1, -0.05) is 5.16 Å². The number of likely N-dealkylation sites (tertiary alicyclic amines) is 1. The minimum atomic E-state index is 0. The lowest BCUT2D eigenvalue weighted by Gasteiger charge is -2.31. The van der Waals surface area contributed by atoms with E-state index in [4.69, 9.17) is 4.52 Å². The minimum Gasteiger partial charge on any atom is -0.339 e. The molecule has 5 nitrogen and oxygen atoms in total. The van der Waals surface area contributed by atoms with Gasteiger partial charge >= 0.3 is 0 Å². The number of halogens is 1. The van der Waals surface area contributed by atoms with Crippen LogP contribution >= 0.6 is 12.4 Å². The summed E-state index contributed by atoms with van der Waals surface area (Å²) in [5.41, 5.74) is 0. The van der Waals surface area contributed by atoms with E-state index in [0.717, 1.165) is 30.7 Å². The average molecular weight is 301 g/mol. The Bertz CT molecular complexity index is 400. The van der Waals surface area contributed by atoms with Crippen molar-refractivity contribution in [3.8, 4) is 0 Å². The summed E-state index contributed by atoms with van der Waals surface area (Å²) in [7, 11) is 2.03. The summed E-state index contributed by atoms with van der Waals surface area (Å²) < 4.78 is 5.31. The zero-order valence-electron chi connectivity index (χ0n) is 12.2. The molecule has 1 saturated carbocycles. The van der Waals surface area contributed by atoms with Crippen LogP contribution in [-0.4, -0.2) is 41.7 Å². The van der Waals surface area contributed by atoms with Gasteiger partial charge in [0.15, 0.2) is 5.82 Å². The van der Waals surface area contributed by atoms with E-state index in [1.165, 1.54) is 45.2 Å². The molecule has 1 aliphatic heterocycles. The first kappa shape index (κ1) is 15.7. The van der Waals surface area contributed by atoms with Gasteiger partial charge in [-0.15, -0.1) is 12.4 Å². The first-order valence-corrected chi connectivity index (χ1v) is 7.54. The molecule has 2 fully saturated rings. The molecule has 0 atom stereocenters. The number of rotatable bonds is 6. The summed E-state index contributed by atoms with van der Waals surface area (Å²) in [6, 6.07) is 0. The van der Waals surface area contributed by atoms with Crippen molar-refractivity contribution in [2.24, 2.45) is 5.92 Å². The minimum absolute atomic E-state index is 0. The quantitative estimate of drug-likeness (QED) is 0.873. The lowest BCUT2D eigenvalue weighted by molar-refractivity contribution is 0.167. The average Bonchev–Trinajstić information content (AvgIpc) is 3.19. The second kappa shape index (κ2) is 7.38. The van der Waals surface area contributed by atoms with Crippen LogP contribution in [0.4, 0.5) is 0 Å². The second-order valence-electron chi connectivity index (χ2n) is 5.93. The van der Waals surface area contributed by atoms with Crippen molar-refractivity contribution in [1.82, 2.24) is 20.4 Å². The molecule has 20 heavy (non-hydrogen) atoms. The number of aromatic nitrogens is 2. The van der Waals surface area contributed by atoms with E-state index < -0.39 is 0 Å². The Balaban J connectivity index is 0.00000147. The summed E-state index contributed by atoms with van der Waals surface area (Å²) >= 11 is 0. The fourth-order valence-corrected chi connectivity index (χ4v) is 2.81. The van der Waals surface area contributed by atoms with E-state index in [-0.39, 0.29) is 12.4 Å². The third kappa shape index (κ3) is 4.17. The number of hydrogen-bond donors (Lipinski definition) is 1. The first-order valence-electron chi connectivity index (χ1n) is 7.54. The number of nitrogens with zero attached hydrogens (tertiary/aromatic N) is 3. The number of nitrogens with one attached hydrogen (secondary N) is 1. The molecule has 1 N–H and O–H groups in total. The lowest BCUT2D eigenvalue weighted by atomic mass is 9.93. The smallest absolute Gasteiger partial charge is 0.229 e. The Kier molecular flexibility index (Phi) is 5.81. The monoisotopic (exact) mass is 300 g/mol. The number of piperidine rings is 1. The molecule has 0 aromatic carbocycles. The fraction of sp³-hybridized carbons (Fsp3) is 0.857. The summed E-state index contributed by atoms with van der Waals surface area (Å²) in [6.07, 6.45) is 6.35. The SMILES string of the molecule is CNCCC1CCN(Cc2noc(C3CC3)n2)CC1.Cl. The van der Waals surface area contributed by atoms with Gasteiger partial charge in [-0.25, -0.2) is 0 Å². The zero-order valence-corrected chi connectivity index (χ0v) is 13.0. The molecule has 0 spiro atoms. The van der Waals surface area contributed by atoms with Gasteiger partial charge in [0.05, 0.1) is 6.54 Å². The normalized spacial score (nSPS) is 20.9. The highest BCUT2D eigenvalue weighted by atomic mass is 35.5. The maximum atomic E-state index is 5.31. The molecule has 114 valence electrons. The van der Waals surface area contributed by atoms with Crippen LogP contribution in [-0.2, 0) is 6.54 Å². The molecule has 1 aromatic heterocycles. The predicted molar refractivity (Wildman–Crippen MR) is 80.1 cm³/mol. The van der Waals surface area contributed by atoms with Gasteiger partial charge in [0.1, 0.15) is 0 Å². The van der Waals surface area contributed by atoms with Crippen LogP contribution in [0.15, 0.2) is 4.52 Å². The van der Waals surface area contributed by atoms with Crippen LogP contribution in [0.3, 0.4) is 0 Å². The van der Waals surface area contributed by atoms with E-state index in [9.17, 15) is 0 Å². The van der Waals surface area contributed by atoms with Crippen molar-refractivity contribution < 1.29 is 4.52 Å². The van der Waals surface area contributed by atoms with Gasteiger partial charge in [0, 0.05) is 5.92 Å². The Morgan fingerprint density at radius 1 is 1.25 bits per heavy atom. The molecule has 0 bridgehead atoms. The summed E-state index contributed by atoms with van der Waals surface area (Å²) in [6.45, 7) is 4.33. The Hall–Kier alpha value is -0.650. The van der Waals surface area contributed by atoms with Gasteiger partial charge < -0.3 is 9.84 Å². The van der Waals surface area contributed by atoms with Crippen LogP contribution in [0.25, 0.3) is 0 Å². The Morgan fingerprint density at radius 2 is 2.00 bits per heavy atom. The van der Waals surface area contributed by atoms with Gasteiger partial charge in [-0.3, -0.25) is 4.90 Å². The third-order valence-electron chi connectivity index (χ3n) is 4.29. The van der Waals surface area contributed by atoms with E-state index in [2.05, 4.69) is 20.4 Å². The molecule has 2 heterocycles. The molecular formula is C14H25ClN4O. The molecule has 0 amide bonds. The van der Waals surface area contributed by atoms with E-state index in [1.54, 1.807) is 0 Å². The Labute approximate surface area is 126 Å². The molecule has 3 rings (SSSR count). The van der Waals surface area contributed by atoms with E-state index in [0.29, 0.717) is 5.92 Å². The Morgan fingerprint density at radius 3 is 2.65 bits per heavy atom. The standard InChI is InChI=1S/C14H24N4O.ClH/c1-15-7-4-11-5-8-18(9-6-11)10-13-16-14(19-17-13)12-2-3-12;/h11-12,15H,2-10H2,1H3;1H. The van der Waals surface area contributed by atoms with Gasteiger partial charge in [-0.2, -0.15) is 4.98 Å². The predicted octanol–water partition coefficient (Wildman–Crippen LogP) is 2.19. The van der Waals surface area contributed by atoms with E-state index in [1.807, 2.05) is 7.05 Å². The highest BCUT2D eigenvalue weighted by Crippen LogP contribution is 2.38. The summed E-state index contributed by atoms with van der Waals surface area (Å²) in [4.78, 5) is 6.96. The second-order valence-corrected chi connectivity index (χ2v) is 5.93. The van der Waals surface area contributed by atoms with Crippen LogP contribution in [0.1, 0.15) is 49.7 Å². The molecule has 2 aliphatic rings. The first-order chi connectivity index (χ1) is 9.35. The third-order valence-corrected chi connectivity index (χ3v) is 4.29. The highest BCUT2D eigenvalue weighted by molar-refractivity contribution is 5.85. The molecule has 1 aliphatic carbocycles. The molecule has 1 saturated heterocycles. The van der Waals surface area contributed by atoms with Crippen LogP contribution in [0, 0.1) is 5.92 Å². The van der Waals surface area contributed by atoms with E-state index >= 15 is 0 Å². The van der Waals surface area contributed by atoms with Crippen LogP contribution in [0.5, 0.6) is 0 Å². The largest absolute Gasteiger partial charge is 0.339 e. The van der Waals surface area contributed by atoms with Crippen molar-refractivity contribution in [2.45, 2.75) is 44.6 Å². The van der Waals surface area contributed by atoms with Crippen LogP contribution in [0.2, 0.25) is 0 Å². The van der Waals surface area contributed by atoms with Crippen molar-refractivity contribution in [1.29, 1.82) is 0 Å². The van der Waals surface area contributed by atoms with Crippen molar-refractivity contribution >= 4 is 12.4 Å².